The second kappa shape index (κ2) is 7.40. The van der Waals surface area contributed by atoms with Gasteiger partial charge in [-0.25, -0.2) is 0 Å². The van der Waals surface area contributed by atoms with Gasteiger partial charge in [-0.3, -0.25) is 0 Å². The normalized spacial score (nSPS) is 19.6. The highest BCUT2D eigenvalue weighted by molar-refractivity contribution is 7.86. The van der Waals surface area contributed by atoms with Crippen molar-refractivity contribution < 1.29 is 13.2 Å². The van der Waals surface area contributed by atoms with Gasteiger partial charge in [-0.05, 0) is 31.7 Å². The third-order valence-electron chi connectivity index (χ3n) is 3.37. The average Bonchev–Trinajstić information content (AvgIpc) is 2.37. The molecule has 7 heteroatoms. The van der Waals surface area contributed by atoms with Crippen molar-refractivity contribution in [3.05, 3.63) is 0 Å². The lowest BCUT2D eigenvalue weighted by Crippen LogP contribution is -2.46. The van der Waals surface area contributed by atoms with Crippen LogP contribution in [0.3, 0.4) is 0 Å². The molecule has 18 heavy (non-hydrogen) atoms. The van der Waals surface area contributed by atoms with E-state index in [0.29, 0.717) is 38.5 Å². The summed E-state index contributed by atoms with van der Waals surface area (Å²) in [6, 6.07) is 0. The molecule has 1 fully saturated rings. The van der Waals surface area contributed by atoms with Gasteiger partial charge in [-0.1, -0.05) is 0 Å². The molecule has 0 aromatic heterocycles. The van der Waals surface area contributed by atoms with Crippen molar-refractivity contribution in [1.82, 2.24) is 8.61 Å². The summed E-state index contributed by atoms with van der Waals surface area (Å²) in [6.45, 7) is 2.89. The predicted molar refractivity (Wildman–Crippen MR) is 71.4 cm³/mol. The summed E-state index contributed by atoms with van der Waals surface area (Å²) < 4.78 is 32.5. The molecule has 0 unspecified atom stereocenters. The molecule has 1 aliphatic heterocycles. The molecule has 1 rings (SSSR count). The Morgan fingerprint density at radius 2 is 2.00 bits per heavy atom. The van der Waals surface area contributed by atoms with Gasteiger partial charge in [0.05, 0.1) is 0 Å². The van der Waals surface area contributed by atoms with E-state index in [1.54, 1.807) is 18.5 Å². The van der Waals surface area contributed by atoms with Gasteiger partial charge < -0.3 is 10.5 Å². The Bertz CT molecular complexity index is 326. The van der Waals surface area contributed by atoms with E-state index >= 15 is 0 Å². The predicted octanol–water partition coefficient (Wildman–Crippen LogP) is -0.130. The second-order valence-corrected chi connectivity index (χ2v) is 6.80. The average molecular weight is 279 g/mol. The van der Waals surface area contributed by atoms with Crippen LogP contribution >= 0.6 is 0 Å². The Morgan fingerprint density at radius 1 is 1.39 bits per heavy atom. The molecule has 0 atom stereocenters. The lowest BCUT2D eigenvalue weighted by atomic mass is 9.99. The van der Waals surface area contributed by atoms with Crippen molar-refractivity contribution in [2.45, 2.75) is 19.3 Å². The van der Waals surface area contributed by atoms with Gasteiger partial charge >= 0.3 is 0 Å². The second-order valence-electron chi connectivity index (χ2n) is 4.77. The van der Waals surface area contributed by atoms with E-state index in [4.69, 9.17) is 10.5 Å². The van der Waals surface area contributed by atoms with Crippen molar-refractivity contribution in [3.8, 4) is 0 Å². The lowest BCUT2D eigenvalue weighted by molar-refractivity contribution is 0.120. The molecule has 6 nitrogen and oxygen atoms in total. The number of rotatable bonds is 7. The van der Waals surface area contributed by atoms with E-state index in [2.05, 4.69) is 0 Å². The smallest absolute Gasteiger partial charge is 0.281 e. The SMILES string of the molecule is COCC1CCN(S(=O)(=O)N(C)CCCN)CC1. The van der Waals surface area contributed by atoms with Crippen LogP contribution in [-0.2, 0) is 14.9 Å². The molecule has 0 aromatic rings. The maximum absolute atomic E-state index is 12.2. The summed E-state index contributed by atoms with van der Waals surface area (Å²) in [5.41, 5.74) is 5.40. The molecule has 1 aliphatic rings. The third kappa shape index (κ3) is 4.17. The number of hydrogen-bond donors (Lipinski definition) is 1. The molecule has 0 saturated carbocycles. The zero-order chi connectivity index (χ0) is 13.6. The van der Waals surface area contributed by atoms with Crippen LogP contribution in [0.2, 0.25) is 0 Å². The maximum Gasteiger partial charge on any atom is 0.281 e. The molecule has 0 amide bonds. The zero-order valence-corrected chi connectivity index (χ0v) is 12.2. The first-order valence-electron chi connectivity index (χ1n) is 6.42. The molecule has 1 saturated heterocycles. The molecular weight excluding hydrogens is 254 g/mol. The van der Waals surface area contributed by atoms with Crippen LogP contribution in [0.15, 0.2) is 0 Å². The minimum Gasteiger partial charge on any atom is -0.384 e. The van der Waals surface area contributed by atoms with E-state index in [9.17, 15) is 8.42 Å². The lowest BCUT2D eigenvalue weighted by Gasteiger charge is -2.33. The van der Waals surface area contributed by atoms with E-state index < -0.39 is 10.2 Å². The zero-order valence-electron chi connectivity index (χ0n) is 11.3. The summed E-state index contributed by atoms with van der Waals surface area (Å²) in [6.07, 6.45) is 2.44. The Hall–Kier alpha value is -0.210. The minimum absolute atomic E-state index is 0.482. The number of methoxy groups -OCH3 is 1. The molecule has 0 spiro atoms. The molecule has 0 aliphatic carbocycles. The van der Waals surface area contributed by atoms with Gasteiger partial charge in [0.25, 0.3) is 10.2 Å². The van der Waals surface area contributed by atoms with Gasteiger partial charge in [-0.15, -0.1) is 0 Å². The van der Waals surface area contributed by atoms with Crippen molar-refractivity contribution >= 4 is 10.2 Å². The largest absolute Gasteiger partial charge is 0.384 e. The van der Waals surface area contributed by atoms with Crippen molar-refractivity contribution in [1.29, 1.82) is 0 Å². The number of piperidine rings is 1. The number of ether oxygens (including phenoxy) is 1. The summed E-state index contributed by atoms with van der Waals surface area (Å²) >= 11 is 0. The summed E-state index contributed by atoms with van der Waals surface area (Å²) in [5, 5.41) is 0. The van der Waals surface area contributed by atoms with Crippen LogP contribution < -0.4 is 5.73 Å². The molecule has 1 heterocycles. The van der Waals surface area contributed by atoms with Gasteiger partial charge in [-0.2, -0.15) is 17.0 Å². The summed E-state index contributed by atoms with van der Waals surface area (Å²) in [7, 11) is -0.000819. The topological polar surface area (TPSA) is 75.9 Å². The first kappa shape index (κ1) is 15.8. The number of nitrogens with two attached hydrogens (primary N) is 1. The van der Waals surface area contributed by atoms with E-state index in [-0.39, 0.29) is 0 Å². The van der Waals surface area contributed by atoms with Crippen molar-refractivity contribution in [2.24, 2.45) is 11.7 Å². The van der Waals surface area contributed by atoms with Crippen LogP contribution in [0.1, 0.15) is 19.3 Å². The highest BCUT2D eigenvalue weighted by atomic mass is 32.2. The highest BCUT2D eigenvalue weighted by Crippen LogP contribution is 2.21. The molecule has 0 radical (unpaired) electrons. The highest BCUT2D eigenvalue weighted by Gasteiger charge is 2.30. The first-order chi connectivity index (χ1) is 8.52. The quantitative estimate of drug-likeness (QED) is 0.704. The van der Waals surface area contributed by atoms with E-state index in [1.807, 2.05) is 0 Å². The fourth-order valence-electron chi connectivity index (χ4n) is 2.17. The fraction of sp³-hybridized carbons (Fsp3) is 1.00. The van der Waals surface area contributed by atoms with Crippen LogP contribution in [0.4, 0.5) is 0 Å². The Morgan fingerprint density at radius 3 is 2.50 bits per heavy atom. The summed E-state index contributed by atoms with van der Waals surface area (Å²) in [4.78, 5) is 0. The van der Waals surface area contributed by atoms with Crippen LogP contribution in [0, 0.1) is 5.92 Å². The van der Waals surface area contributed by atoms with Crippen molar-refractivity contribution in [3.63, 3.8) is 0 Å². The molecule has 108 valence electrons. The Kier molecular flexibility index (Phi) is 6.51. The Balaban J connectivity index is 2.49. The number of nitrogens with zero attached hydrogens (tertiary/aromatic N) is 2. The molecular formula is C11H25N3O3S. The van der Waals surface area contributed by atoms with Crippen LogP contribution in [0.25, 0.3) is 0 Å². The standard InChI is InChI=1S/C11H25N3O3S/c1-13(7-3-6-12)18(15,16)14-8-4-11(5-9-14)10-17-2/h11H,3-10,12H2,1-2H3. The van der Waals surface area contributed by atoms with Gasteiger partial charge in [0, 0.05) is 40.4 Å². The molecule has 0 aromatic carbocycles. The van der Waals surface area contributed by atoms with Gasteiger partial charge in [0.2, 0.25) is 0 Å². The minimum atomic E-state index is -3.30. The van der Waals surface area contributed by atoms with Crippen molar-refractivity contribution in [2.75, 3.05) is 46.9 Å². The molecule has 2 N–H and O–H groups in total. The third-order valence-corrected chi connectivity index (χ3v) is 5.36. The van der Waals surface area contributed by atoms with E-state index in [0.717, 1.165) is 19.4 Å². The van der Waals surface area contributed by atoms with E-state index in [1.165, 1.54) is 4.31 Å². The fourth-order valence-corrected chi connectivity index (χ4v) is 3.60. The summed E-state index contributed by atoms with van der Waals surface area (Å²) in [5.74, 6) is 0.482. The molecule has 0 bridgehead atoms. The van der Waals surface area contributed by atoms with Gasteiger partial charge in [0.15, 0.2) is 0 Å². The Labute approximate surface area is 110 Å². The van der Waals surface area contributed by atoms with Crippen LogP contribution in [0.5, 0.6) is 0 Å². The number of hydrogen-bond acceptors (Lipinski definition) is 4. The monoisotopic (exact) mass is 279 g/mol. The van der Waals surface area contributed by atoms with Crippen LogP contribution in [-0.4, -0.2) is 64.0 Å². The first-order valence-corrected chi connectivity index (χ1v) is 7.82. The van der Waals surface area contributed by atoms with Gasteiger partial charge in [0.1, 0.15) is 0 Å². The maximum atomic E-state index is 12.2.